The van der Waals surface area contributed by atoms with Crippen molar-refractivity contribution in [2.45, 2.75) is 38.5 Å². The number of aryl methyl sites for hydroxylation is 1. The molecule has 0 saturated carbocycles. The Morgan fingerprint density at radius 1 is 1.04 bits per heavy atom. The summed E-state index contributed by atoms with van der Waals surface area (Å²) in [5.74, 6) is 1.40. The molecular weight excluding hydrogens is 318 g/mol. The molecule has 0 N–H and O–H groups in total. The monoisotopic (exact) mass is 341 g/mol. The lowest BCUT2D eigenvalue weighted by atomic mass is 9.91. The summed E-state index contributed by atoms with van der Waals surface area (Å²) >= 11 is 0. The fourth-order valence-electron chi connectivity index (χ4n) is 3.98. The molecule has 0 fully saturated rings. The van der Waals surface area contributed by atoms with Crippen molar-refractivity contribution in [3.05, 3.63) is 22.8 Å². The quantitative estimate of drug-likeness (QED) is 0.838. The second-order valence-corrected chi connectivity index (χ2v) is 6.47. The van der Waals surface area contributed by atoms with E-state index in [0.29, 0.717) is 36.5 Å². The smallest absolute Gasteiger partial charge is 0.203 e. The first-order valence-electron chi connectivity index (χ1n) is 8.60. The minimum Gasteiger partial charge on any atom is -0.493 e. The lowest BCUT2D eigenvalue weighted by molar-refractivity contribution is -0.121. The predicted molar refractivity (Wildman–Crippen MR) is 93.9 cm³/mol. The lowest BCUT2D eigenvalue weighted by Gasteiger charge is -2.21. The van der Waals surface area contributed by atoms with Gasteiger partial charge in [-0.15, -0.1) is 0 Å². The summed E-state index contributed by atoms with van der Waals surface area (Å²) in [5, 5.41) is 9.34. The molecule has 0 saturated heterocycles. The number of hydrogen-bond donors (Lipinski definition) is 0. The number of allylic oxidation sites excluding steroid dienone is 2. The molecule has 0 amide bonds. The lowest BCUT2D eigenvalue weighted by Crippen LogP contribution is -2.11. The zero-order valence-electron chi connectivity index (χ0n) is 15.0. The summed E-state index contributed by atoms with van der Waals surface area (Å²) in [5.41, 5.74) is 4.54. The van der Waals surface area contributed by atoms with Crippen LogP contribution in [-0.4, -0.2) is 27.1 Å². The molecule has 0 heterocycles. The van der Waals surface area contributed by atoms with Crippen LogP contribution in [0.5, 0.6) is 17.2 Å². The molecule has 3 rings (SSSR count). The number of ketones is 1. The van der Waals surface area contributed by atoms with Crippen LogP contribution in [0.1, 0.15) is 43.2 Å². The molecule has 1 aromatic rings. The van der Waals surface area contributed by atoms with Gasteiger partial charge in [0.25, 0.3) is 0 Å². The van der Waals surface area contributed by atoms with Gasteiger partial charge in [-0.2, -0.15) is 5.26 Å². The van der Waals surface area contributed by atoms with Crippen molar-refractivity contribution in [2.75, 3.05) is 21.3 Å². The number of ether oxygens (including phenoxy) is 3. The third-order valence-electron chi connectivity index (χ3n) is 5.18. The molecule has 132 valence electrons. The highest BCUT2D eigenvalue weighted by atomic mass is 16.5. The van der Waals surface area contributed by atoms with Gasteiger partial charge in [0.15, 0.2) is 17.3 Å². The van der Waals surface area contributed by atoms with E-state index in [0.717, 1.165) is 36.0 Å². The first kappa shape index (κ1) is 17.3. The molecule has 5 nitrogen and oxygen atoms in total. The zero-order valence-corrected chi connectivity index (χ0v) is 15.0. The van der Waals surface area contributed by atoms with Gasteiger partial charge in [0, 0.05) is 12.0 Å². The first-order valence-corrected chi connectivity index (χ1v) is 8.60. The van der Waals surface area contributed by atoms with Crippen LogP contribution in [0.25, 0.3) is 5.57 Å². The topological polar surface area (TPSA) is 68.6 Å². The molecule has 5 heteroatoms. The number of methoxy groups -OCH3 is 3. The van der Waals surface area contributed by atoms with E-state index in [2.05, 4.69) is 6.07 Å². The first-order chi connectivity index (χ1) is 12.1. The number of carbonyl (C=O) groups excluding carboxylic acids is 1. The molecule has 1 aromatic carbocycles. The Hall–Kier alpha value is -2.48. The Morgan fingerprint density at radius 3 is 2.44 bits per heavy atom. The predicted octanol–water partition coefficient (Wildman–Crippen LogP) is 3.70. The van der Waals surface area contributed by atoms with Gasteiger partial charge in [-0.3, -0.25) is 4.79 Å². The van der Waals surface area contributed by atoms with E-state index in [9.17, 15) is 10.1 Å². The highest BCUT2D eigenvalue weighted by Crippen LogP contribution is 2.49. The Morgan fingerprint density at radius 2 is 1.80 bits per heavy atom. The number of rotatable bonds is 3. The fourth-order valence-corrected chi connectivity index (χ4v) is 3.98. The Kier molecular flexibility index (Phi) is 4.98. The second kappa shape index (κ2) is 7.18. The van der Waals surface area contributed by atoms with Crippen molar-refractivity contribution >= 4 is 11.4 Å². The van der Waals surface area contributed by atoms with Crippen molar-refractivity contribution < 1.29 is 19.0 Å². The van der Waals surface area contributed by atoms with Crippen LogP contribution in [0.4, 0.5) is 0 Å². The standard InChI is InChI=1S/C20H23NO4/c1-23-17-10-13-6-4-5-12-9-14(11-21)16(22)8-7-15(12)18(13)20(25-3)19(17)24-2/h10,14H,4-9H2,1-3H3. The summed E-state index contributed by atoms with van der Waals surface area (Å²) in [7, 11) is 4.84. The van der Waals surface area contributed by atoms with Crippen molar-refractivity contribution in [3.8, 4) is 23.3 Å². The van der Waals surface area contributed by atoms with Crippen LogP contribution in [0.3, 0.4) is 0 Å². The Balaban J connectivity index is 2.23. The summed E-state index contributed by atoms with van der Waals surface area (Å²) in [6, 6.07) is 4.20. The van der Waals surface area contributed by atoms with E-state index >= 15 is 0 Å². The zero-order chi connectivity index (χ0) is 18.0. The number of Topliss-reactive ketones (excluding diaryl/α,β-unsaturated/α-hetero) is 1. The van der Waals surface area contributed by atoms with Crippen molar-refractivity contribution in [1.29, 1.82) is 5.26 Å². The summed E-state index contributed by atoms with van der Waals surface area (Å²) in [4.78, 5) is 12.2. The molecule has 1 unspecified atom stereocenters. The molecule has 0 aliphatic heterocycles. The van der Waals surface area contributed by atoms with Gasteiger partial charge < -0.3 is 14.2 Å². The maximum atomic E-state index is 12.2. The van der Waals surface area contributed by atoms with E-state index in [1.54, 1.807) is 21.3 Å². The fraction of sp³-hybridized carbons (Fsp3) is 0.500. The van der Waals surface area contributed by atoms with E-state index in [4.69, 9.17) is 14.2 Å². The van der Waals surface area contributed by atoms with Crippen molar-refractivity contribution in [3.63, 3.8) is 0 Å². The Labute approximate surface area is 148 Å². The maximum Gasteiger partial charge on any atom is 0.203 e. The third-order valence-corrected chi connectivity index (χ3v) is 5.18. The number of fused-ring (bicyclic) bond motifs is 2. The average Bonchev–Trinajstić information content (AvgIpc) is 2.90. The van der Waals surface area contributed by atoms with Crippen molar-refractivity contribution in [1.82, 2.24) is 0 Å². The summed E-state index contributed by atoms with van der Waals surface area (Å²) < 4.78 is 16.7. The molecule has 0 spiro atoms. The molecule has 2 aliphatic rings. The Bertz CT molecular complexity index is 773. The minimum absolute atomic E-state index is 0.0385. The van der Waals surface area contributed by atoms with E-state index < -0.39 is 5.92 Å². The number of hydrogen-bond acceptors (Lipinski definition) is 5. The van der Waals surface area contributed by atoms with Gasteiger partial charge in [-0.05, 0) is 49.3 Å². The van der Waals surface area contributed by atoms with Gasteiger partial charge in [-0.1, -0.05) is 5.57 Å². The highest BCUT2D eigenvalue weighted by molar-refractivity contribution is 5.89. The van der Waals surface area contributed by atoms with Crippen LogP contribution >= 0.6 is 0 Å². The molecule has 0 radical (unpaired) electrons. The van der Waals surface area contributed by atoms with E-state index in [-0.39, 0.29) is 5.78 Å². The van der Waals surface area contributed by atoms with Crippen LogP contribution in [0, 0.1) is 17.2 Å². The second-order valence-electron chi connectivity index (χ2n) is 6.47. The number of benzene rings is 1. The van der Waals surface area contributed by atoms with Gasteiger partial charge in [0.05, 0.1) is 27.4 Å². The number of carbonyl (C=O) groups is 1. The van der Waals surface area contributed by atoms with Gasteiger partial charge in [-0.25, -0.2) is 0 Å². The number of nitriles is 1. The highest BCUT2D eigenvalue weighted by Gasteiger charge is 2.31. The number of nitrogens with zero attached hydrogens (tertiary/aromatic N) is 1. The minimum atomic E-state index is -0.528. The van der Waals surface area contributed by atoms with Gasteiger partial charge >= 0.3 is 0 Å². The SMILES string of the molecule is COc1cc2c(c(OC)c1OC)C1=C(CCC2)CC(C#N)C(=O)CC1. The molecule has 1 atom stereocenters. The van der Waals surface area contributed by atoms with E-state index in [1.807, 2.05) is 6.07 Å². The van der Waals surface area contributed by atoms with Crippen LogP contribution in [-0.2, 0) is 11.2 Å². The normalized spacial score (nSPS) is 19.9. The van der Waals surface area contributed by atoms with Crippen molar-refractivity contribution in [2.24, 2.45) is 5.92 Å². The molecule has 25 heavy (non-hydrogen) atoms. The van der Waals surface area contributed by atoms with Gasteiger partial charge in [0.1, 0.15) is 5.92 Å². The maximum absolute atomic E-state index is 12.2. The van der Waals surface area contributed by atoms with Gasteiger partial charge in [0.2, 0.25) is 5.75 Å². The van der Waals surface area contributed by atoms with Crippen LogP contribution in [0.15, 0.2) is 11.6 Å². The van der Waals surface area contributed by atoms with Crippen LogP contribution < -0.4 is 14.2 Å². The van der Waals surface area contributed by atoms with E-state index in [1.165, 1.54) is 5.57 Å². The summed E-state index contributed by atoms with van der Waals surface area (Å²) in [6.45, 7) is 0. The molecule has 2 aliphatic carbocycles. The molecular formula is C20H23NO4. The molecule has 0 bridgehead atoms. The summed E-state index contributed by atoms with van der Waals surface area (Å²) in [6.07, 6.45) is 4.37. The third kappa shape index (κ3) is 2.97. The average molecular weight is 341 g/mol. The van der Waals surface area contributed by atoms with Crippen LogP contribution in [0.2, 0.25) is 0 Å². The largest absolute Gasteiger partial charge is 0.493 e. The molecule has 0 aromatic heterocycles.